The van der Waals surface area contributed by atoms with E-state index in [4.69, 9.17) is 27.6 Å². The summed E-state index contributed by atoms with van der Waals surface area (Å²) in [6.07, 6.45) is 0. The van der Waals surface area contributed by atoms with Crippen LogP contribution in [0.4, 0.5) is 8.78 Å². The predicted octanol–water partition coefficient (Wildman–Crippen LogP) is 5.48. The van der Waals surface area contributed by atoms with Crippen molar-refractivity contribution in [2.45, 2.75) is 10.7 Å². The normalized spacial score (nSPS) is 11.3. The van der Waals surface area contributed by atoms with Gasteiger partial charge in [0.25, 0.3) is 5.76 Å². The second kappa shape index (κ2) is 6.47. The Balaban J connectivity index is 2.26. The van der Waals surface area contributed by atoms with Crippen molar-refractivity contribution in [3.05, 3.63) is 56.9 Å². The summed E-state index contributed by atoms with van der Waals surface area (Å²) in [5.41, 5.74) is -0.151. The number of hydrogen-bond donors (Lipinski definition) is 0. The molecule has 0 aliphatic carbocycles. The molecule has 0 saturated carbocycles. The summed E-state index contributed by atoms with van der Waals surface area (Å²) in [6, 6.07) is 9.32. The summed E-state index contributed by atoms with van der Waals surface area (Å²) in [5.74, 6) is -2.76. The Hall–Kier alpha value is -1.63. The van der Waals surface area contributed by atoms with Gasteiger partial charge in [-0.25, -0.2) is 9.78 Å². The van der Waals surface area contributed by atoms with E-state index in [0.29, 0.717) is 5.52 Å². The summed E-state index contributed by atoms with van der Waals surface area (Å²) in [7, 11) is 0. The molecule has 23 heavy (non-hydrogen) atoms. The number of alkyl halides is 2. The van der Waals surface area contributed by atoms with Crippen LogP contribution in [-0.4, -0.2) is 10.7 Å². The third-order valence-electron chi connectivity index (χ3n) is 3.01. The van der Waals surface area contributed by atoms with Crippen LogP contribution in [0, 0.1) is 0 Å². The molecule has 0 bridgehead atoms. The maximum Gasteiger partial charge on any atom is 0.348 e. The topological polar surface area (TPSA) is 43.1 Å². The molecule has 0 spiro atoms. The second-order valence-electron chi connectivity index (χ2n) is 4.44. The summed E-state index contributed by atoms with van der Waals surface area (Å²) < 4.78 is 30.7. The van der Waals surface area contributed by atoms with Gasteiger partial charge in [-0.3, -0.25) is 0 Å². The number of rotatable bonds is 3. The van der Waals surface area contributed by atoms with E-state index in [1.807, 2.05) is 0 Å². The Morgan fingerprint density at radius 1 is 1.09 bits per heavy atom. The van der Waals surface area contributed by atoms with E-state index in [1.165, 1.54) is 12.1 Å². The standard InChI is InChI=1S/C15H7Cl2F2NO2S/c16-8-4-2-6-10-11(8)14(21)22-13(20-10)7-3-1-5-9(17)12(7)23-15(18)19/h1-6,15H. The largest absolute Gasteiger partial charge is 0.403 e. The number of fused-ring (bicyclic) bond motifs is 1. The van der Waals surface area contributed by atoms with E-state index in [1.54, 1.807) is 24.3 Å². The fourth-order valence-corrected chi connectivity index (χ4v) is 3.28. The lowest BCUT2D eigenvalue weighted by Crippen LogP contribution is -2.04. The molecular formula is C15H7Cl2F2NO2S. The summed E-state index contributed by atoms with van der Waals surface area (Å²) >= 11 is 12.2. The van der Waals surface area contributed by atoms with E-state index in [0.717, 1.165) is 0 Å². The molecule has 0 amide bonds. The average Bonchev–Trinajstić information content (AvgIpc) is 2.48. The van der Waals surface area contributed by atoms with Crippen molar-refractivity contribution in [3.8, 4) is 11.5 Å². The highest BCUT2D eigenvalue weighted by Crippen LogP contribution is 2.39. The van der Waals surface area contributed by atoms with Gasteiger partial charge in [-0.15, -0.1) is 0 Å². The van der Waals surface area contributed by atoms with Crippen molar-refractivity contribution in [1.29, 1.82) is 0 Å². The summed E-state index contributed by atoms with van der Waals surface area (Å²) in [6.45, 7) is 0. The van der Waals surface area contributed by atoms with Gasteiger partial charge in [0.15, 0.2) is 0 Å². The fourth-order valence-electron chi connectivity index (χ4n) is 2.08. The zero-order valence-electron chi connectivity index (χ0n) is 11.2. The van der Waals surface area contributed by atoms with Gasteiger partial charge in [-0.2, -0.15) is 8.78 Å². The molecule has 3 rings (SSSR count). The van der Waals surface area contributed by atoms with Crippen molar-refractivity contribution < 1.29 is 13.2 Å². The van der Waals surface area contributed by atoms with E-state index in [-0.39, 0.29) is 43.5 Å². The first kappa shape index (κ1) is 16.2. The molecule has 0 fully saturated rings. The zero-order valence-corrected chi connectivity index (χ0v) is 13.6. The van der Waals surface area contributed by atoms with Crippen LogP contribution in [0.1, 0.15) is 0 Å². The maximum atomic E-state index is 12.8. The first-order valence-corrected chi connectivity index (χ1v) is 7.94. The number of halogens is 4. The molecule has 1 heterocycles. The number of thioether (sulfide) groups is 1. The van der Waals surface area contributed by atoms with Crippen LogP contribution < -0.4 is 5.63 Å². The summed E-state index contributed by atoms with van der Waals surface area (Å²) in [4.78, 5) is 16.4. The van der Waals surface area contributed by atoms with Crippen LogP contribution in [0.5, 0.6) is 0 Å². The molecule has 0 N–H and O–H groups in total. The average molecular weight is 374 g/mol. The van der Waals surface area contributed by atoms with Gasteiger partial charge in [-0.05, 0) is 24.3 Å². The molecule has 0 saturated heterocycles. The Bertz CT molecular complexity index is 946. The van der Waals surface area contributed by atoms with Crippen molar-refractivity contribution in [3.63, 3.8) is 0 Å². The fraction of sp³-hybridized carbons (Fsp3) is 0.0667. The molecule has 3 aromatic rings. The van der Waals surface area contributed by atoms with Crippen LogP contribution in [0.3, 0.4) is 0 Å². The van der Waals surface area contributed by atoms with Crippen molar-refractivity contribution in [2.24, 2.45) is 0 Å². The van der Waals surface area contributed by atoms with Gasteiger partial charge in [-0.1, -0.05) is 47.1 Å². The van der Waals surface area contributed by atoms with E-state index in [9.17, 15) is 13.6 Å². The lowest BCUT2D eigenvalue weighted by molar-refractivity contribution is 0.252. The van der Waals surface area contributed by atoms with Crippen LogP contribution in [0.25, 0.3) is 22.4 Å². The van der Waals surface area contributed by atoms with E-state index in [2.05, 4.69) is 4.98 Å². The SMILES string of the molecule is O=c1oc(-c2cccc(Cl)c2SC(F)F)nc2cccc(Cl)c12. The van der Waals surface area contributed by atoms with Gasteiger partial charge in [0, 0.05) is 4.90 Å². The number of hydrogen-bond acceptors (Lipinski definition) is 4. The van der Waals surface area contributed by atoms with Crippen molar-refractivity contribution >= 4 is 45.9 Å². The molecule has 3 nitrogen and oxygen atoms in total. The van der Waals surface area contributed by atoms with Crippen molar-refractivity contribution in [1.82, 2.24) is 4.98 Å². The van der Waals surface area contributed by atoms with Crippen LogP contribution in [0.15, 0.2) is 50.5 Å². The van der Waals surface area contributed by atoms with Crippen LogP contribution >= 0.6 is 35.0 Å². The highest BCUT2D eigenvalue weighted by Gasteiger charge is 2.19. The van der Waals surface area contributed by atoms with Crippen LogP contribution in [-0.2, 0) is 0 Å². The molecule has 0 radical (unpaired) electrons. The third kappa shape index (κ3) is 3.20. The Morgan fingerprint density at radius 2 is 1.78 bits per heavy atom. The monoisotopic (exact) mass is 373 g/mol. The lowest BCUT2D eigenvalue weighted by atomic mass is 10.2. The highest BCUT2D eigenvalue weighted by atomic mass is 35.5. The van der Waals surface area contributed by atoms with Gasteiger partial charge in [0.1, 0.15) is 5.39 Å². The van der Waals surface area contributed by atoms with Gasteiger partial charge in [0.05, 0.1) is 21.1 Å². The Labute approximate surface area is 143 Å². The summed E-state index contributed by atoms with van der Waals surface area (Å²) in [5, 5.41) is 0.482. The second-order valence-corrected chi connectivity index (χ2v) is 6.25. The van der Waals surface area contributed by atoms with E-state index >= 15 is 0 Å². The van der Waals surface area contributed by atoms with Crippen LogP contribution in [0.2, 0.25) is 10.0 Å². The van der Waals surface area contributed by atoms with E-state index < -0.39 is 11.4 Å². The molecule has 0 aliphatic heterocycles. The third-order valence-corrected chi connectivity index (χ3v) is 4.61. The first-order valence-electron chi connectivity index (χ1n) is 6.30. The quantitative estimate of drug-likeness (QED) is 0.570. The minimum absolute atomic E-state index is 0.0876. The molecular weight excluding hydrogens is 367 g/mol. The lowest BCUT2D eigenvalue weighted by Gasteiger charge is -2.09. The molecule has 0 atom stereocenters. The first-order chi connectivity index (χ1) is 11.0. The van der Waals surface area contributed by atoms with Gasteiger partial charge in [0.2, 0.25) is 5.89 Å². The predicted molar refractivity (Wildman–Crippen MR) is 87.6 cm³/mol. The zero-order chi connectivity index (χ0) is 16.6. The molecule has 2 aromatic carbocycles. The Morgan fingerprint density at radius 3 is 2.52 bits per heavy atom. The smallest absolute Gasteiger partial charge is 0.348 e. The maximum absolute atomic E-state index is 12.8. The Kier molecular flexibility index (Phi) is 4.57. The molecule has 8 heteroatoms. The number of nitrogens with zero attached hydrogens (tertiary/aromatic N) is 1. The highest BCUT2D eigenvalue weighted by molar-refractivity contribution is 7.99. The number of aromatic nitrogens is 1. The molecule has 0 unspecified atom stereocenters. The van der Waals surface area contributed by atoms with Gasteiger partial charge < -0.3 is 4.42 Å². The van der Waals surface area contributed by atoms with Gasteiger partial charge >= 0.3 is 5.63 Å². The molecule has 1 aromatic heterocycles. The minimum atomic E-state index is -2.67. The number of benzene rings is 2. The minimum Gasteiger partial charge on any atom is -0.403 e. The molecule has 0 aliphatic rings. The van der Waals surface area contributed by atoms with Crippen molar-refractivity contribution in [2.75, 3.05) is 0 Å². The molecule has 118 valence electrons.